The number of carbonyl (C=O) groups is 2. The fraction of sp³-hybridized carbons (Fsp3) is 0.286. The van der Waals surface area contributed by atoms with Gasteiger partial charge in [0, 0.05) is 23.6 Å². The van der Waals surface area contributed by atoms with E-state index in [1.54, 1.807) is 62.4 Å². The summed E-state index contributed by atoms with van der Waals surface area (Å²) in [7, 11) is -2.68. The molecule has 0 saturated carbocycles. The van der Waals surface area contributed by atoms with Gasteiger partial charge < -0.3 is 10.2 Å². The quantitative estimate of drug-likeness (QED) is 0.352. The number of nitrogens with zero attached hydrogens (tertiary/aromatic N) is 2. The third-order valence-corrected chi connectivity index (χ3v) is 8.83. The van der Waals surface area contributed by atoms with E-state index in [1.807, 2.05) is 6.92 Å². The number of anilines is 1. The molecule has 1 N–H and O–H groups in total. The number of amides is 2. The van der Waals surface area contributed by atoms with Crippen LogP contribution in [-0.4, -0.2) is 44.8 Å². The van der Waals surface area contributed by atoms with Crippen LogP contribution < -0.4 is 9.62 Å². The molecule has 1 unspecified atom stereocenters. The van der Waals surface area contributed by atoms with Crippen LogP contribution in [0.1, 0.15) is 30.0 Å². The van der Waals surface area contributed by atoms with E-state index in [9.17, 15) is 18.0 Å². The number of likely N-dealkylation sites (N-methyl/N-ethyl adjacent to an activating group) is 1. The Morgan fingerprint density at radius 3 is 2.18 bits per heavy atom. The minimum Gasteiger partial charge on any atom is -0.357 e. The largest absolute Gasteiger partial charge is 0.357 e. The highest BCUT2D eigenvalue weighted by Crippen LogP contribution is 2.29. The van der Waals surface area contributed by atoms with E-state index in [1.165, 1.54) is 30.1 Å². The number of nitrogens with one attached hydrogen (secondary N) is 1. The summed E-state index contributed by atoms with van der Waals surface area (Å²) in [5, 5.41) is 3.40. The first-order valence-corrected chi connectivity index (χ1v) is 14.3. The standard InChI is InChI=1S/C28H31Cl2N3O4S/c1-5-26(28(35)31-4)32(17-21-8-6-7-9-24(21)29)27(34)18-33(22-13-12-20(3)25(30)16-22)38(36,37)23-14-10-19(2)11-15-23/h6-16,26H,5,17-18H2,1-4H3,(H,31,35). The van der Waals surface area contributed by atoms with Crippen molar-refractivity contribution in [2.75, 3.05) is 17.9 Å². The van der Waals surface area contributed by atoms with Gasteiger partial charge in [0.15, 0.2) is 0 Å². The zero-order chi connectivity index (χ0) is 28.0. The number of hydrogen-bond acceptors (Lipinski definition) is 4. The highest BCUT2D eigenvalue weighted by atomic mass is 35.5. The zero-order valence-corrected chi connectivity index (χ0v) is 24.1. The van der Waals surface area contributed by atoms with E-state index in [-0.39, 0.29) is 23.0 Å². The Morgan fingerprint density at radius 1 is 0.947 bits per heavy atom. The van der Waals surface area contributed by atoms with Crippen molar-refractivity contribution in [3.8, 4) is 0 Å². The molecule has 0 saturated heterocycles. The molecule has 7 nitrogen and oxygen atoms in total. The topological polar surface area (TPSA) is 86.8 Å². The summed E-state index contributed by atoms with van der Waals surface area (Å²) in [5.41, 5.74) is 2.53. The number of carbonyl (C=O) groups excluding carboxylic acids is 2. The van der Waals surface area contributed by atoms with Crippen molar-refractivity contribution in [3.63, 3.8) is 0 Å². The van der Waals surface area contributed by atoms with E-state index in [0.29, 0.717) is 22.0 Å². The summed E-state index contributed by atoms with van der Waals surface area (Å²) in [4.78, 5) is 28.1. The molecule has 0 aliphatic carbocycles. The second-order valence-electron chi connectivity index (χ2n) is 8.91. The molecular weight excluding hydrogens is 545 g/mol. The van der Waals surface area contributed by atoms with Gasteiger partial charge in [-0.2, -0.15) is 0 Å². The molecule has 2 amide bonds. The zero-order valence-electron chi connectivity index (χ0n) is 21.7. The molecule has 38 heavy (non-hydrogen) atoms. The SMILES string of the molecule is CCC(C(=O)NC)N(Cc1ccccc1Cl)C(=O)CN(c1ccc(C)c(Cl)c1)S(=O)(=O)c1ccc(C)cc1. The van der Waals surface area contributed by atoms with Crippen LogP contribution in [-0.2, 0) is 26.2 Å². The molecule has 0 radical (unpaired) electrons. The average Bonchev–Trinajstić information content (AvgIpc) is 2.89. The molecular formula is C28H31Cl2N3O4S. The summed E-state index contributed by atoms with van der Waals surface area (Å²) in [6.45, 7) is 4.92. The number of aryl methyl sites for hydroxylation is 2. The van der Waals surface area contributed by atoms with E-state index >= 15 is 0 Å². The average molecular weight is 577 g/mol. The normalized spacial score (nSPS) is 12.1. The van der Waals surface area contributed by atoms with Crippen LogP contribution in [0.2, 0.25) is 10.0 Å². The maximum atomic E-state index is 13.9. The molecule has 3 rings (SSSR count). The van der Waals surface area contributed by atoms with Gasteiger partial charge in [-0.1, -0.05) is 72.1 Å². The van der Waals surface area contributed by atoms with Gasteiger partial charge in [0.05, 0.1) is 10.6 Å². The van der Waals surface area contributed by atoms with Crippen molar-refractivity contribution in [2.45, 2.75) is 44.7 Å². The summed E-state index contributed by atoms with van der Waals surface area (Å²) < 4.78 is 28.7. The summed E-state index contributed by atoms with van der Waals surface area (Å²) in [6.07, 6.45) is 0.316. The van der Waals surface area contributed by atoms with Crippen molar-refractivity contribution in [1.82, 2.24) is 10.2 Å². The monoisotopic (exact) mass is 575 g/mol. The molecule has 0 fully saturated rings. The summed E-state index contributed by atoms with van der Waals surface area (Å²) >= 11 is 12.7. The smallest absolute Gasteiger partial charge is 0.264 e. The van der Waals surface area contributed by atoms with Gasteiger partial charge in [-0.05, 0) is 61.7 Å². The van der Waals surface area contributed by atoms with Crippen LogP contribution in [0, 0.1) is 13.8 Å². The molecule has 0 spiro atoms. The highest BCUT2D eigenvalue weighted by molar-refractivity contribution is 7.92. The first-order valence-electron chi connectivity index (χ1n) is 12.1. The number of benzene rings is 3. The van der Waals surface area contributed by atoms with Crippen molar-refractivity contribution in [3.05, 3.63) is 93.5 Å². The Hall–Kier alpha value is -3.07. The van der Waals surface area contributed by atoms with Gasteiger partial charge in [0.2, 0.25) is 11.8 Å². The van der Waals surface area contributed by atoms with E-state index < -0.39 is 28.5 Å². The first-order chi connectivity index (χ1) is 18.0. The van der Waals surface area contributed by atoms with Crippen molar-refractivity contribution < 1.29 is 18.0 Å². The highest BCUT2D eigenvalue weighted by Gasteiger charge is 2.33. The molecule has 3 aromatic rings. The van der Waals surface area contributed by atoms with Gasteiger partial charge >= 0.3 is 0 Å². The lowest BCUT2D eigenvalue weighted by molar-refractivity contribution is -0.140. The Kier molecular flexibility index (Phi) is 9.82. The van der Waals surface area contributed by atoms with Gasteiger partial charge in [-0.3, -0.25) is 13.9 Å². The van der Waals surface area contributed by atoms with E-state index in [2.05, 4.69) is 5.32 Å². The molecule has 0 aromatic heterocycles. The number of hydrogen-bond donors (Lipinski definition) is 1. The van der Waals surface area contributed by atoms with Gasteiger partial charge in [0.1, 0.15) is 12.6 Å². The number of rotatable bonds is 10. The van der Waals surface area contributed by atoms with Crippen LogP contribution in [0.15, 0.2) is 71.6 Å². The summed E-state index contributed by atoms with van der Waals surface area (Å²) in [5.74, 6) is -0.924. The molecule has 0 heterocycles. The second-order valence-corrected chi connectivity index (χ2v) is 11.6. The third-order valence-electron chi connectivity index (χ3n) is 6.26. The Morgan fingerprint density at radius 2 is 1.61 bits per heavy atom. The lowest BCUT2D eigenvalue weighted by atomic mass is 10.1. The Balaban J connectivity index is 2.10. The van der Waals surface area contributed by atoms with Crippen molar-refractivity contribution in [1.29, 1.82) is 0 Å². The molecule has 3 aromatic carbocycles. The third kappa shape index (κ3) is 6.67. The molecule has 0 bridgehead atoms. The Bertz CT molecular complexity index is 1410. The van der Waals surface area contributed by atoms with Gasteiger partial charge in [0.25, 0.3) is 10.0 Å². The van der Waals surface area contributed by atoms with Crippen LogP contribution in [0.3, 0.4) is 0 Å². The van der Waals surface area contributed by atoms with Crippen molar-refractivity contribution in [2.24, 2.45) is 0 Å². The number of halogens is 2. The maximum absolute atomic E-state index is 13.9. The lowest BCUT2D eigenvalue weighted by Gasteiger charge is -2.33. The fourth-order valence-electron chi connectivity index (χ4n) is 4.00. The minimum atomic E-state index is -4.17. The van der Waals surface area contributed by atoms with Crippen LogP contribution in [0.4, 0.5) is 5.69 Å². The minimum absolute atomic E-state index is 0.0253. The Labute approximate surface area is 234 Å². The molecule has 0 aliphatic heterocycles. The first kappa shape index (κ1) is 29.5. The molecule has 10 heteroatoms. The maximum Gasteiger partial charge on any atom is 0.264 e. The predicted molar refractivity (Wildman–Crippen MR) is 152 cm³/mol. The van der Waals surface area contributed by atoms with Crippen LogP contribution >= 0.6 is 23.2 Å². The summed E-state index contributed by atoms with van der Waals surface area (Å²) in [6, 6.07) is 17.4. The molecule has 202 valence electrons. The van der Waals surface area contributed by atoms with Crippen molar-refractivity contribution >= 4 is 50.7 Å². The van der Waals surface area contributed by atoms with Gasteiger partial charge in [-0.25, -0.2) is 8.42 Å². The lowest BCUT2D eigenvalue weighted by Crippen LogP contribution is -2.51. The van der Waals surface area contributed by atoms with Gasteiger partial charge in [-0.15, -0.1) is 0 Å². The molecule has 0 aliphatic rings. The van der Waals surface area contributed by atoms with E-state index in [0.717, 1.165) is 15.4 Å². The predicted octanol–water partition coefficient (Wildman–Crippen LogP) is 5.36. The van der Waals surface area contributed by atoms with Crippen LogP contribution in [0.25, 0.3) is 0 Å². The molecule has 1 atom stereocenters. The second kappa shape index (κ2) is 12.7. The van der Waals surface area contributed by atoms with Crippen LogP contribution in [0.5, 0.6) is 0 Å². The fourth-order valence-corrected chi connectivity index (χ4v) is 5.78. The van der Waals surface area contributed by atoms with E-state index in [4.69, 9.17) is 23.2 Å². The number of sulfonamides is 1.